The van der Waals surface area contributed by atoms with Crippen LogP contribution in [0.3, 0.4) is 0 Å². The van der Waals surface area contributed by atoms with Crippen molar-refractivity contribution in [1.82, 2.24) is 15.8 Å². The minimum atomic E-state index is -0.927. The largest absolute Gasteiger partial charge is 0.480 e. The summed E-state index contributed by atoms with van der Waals surface area (Å²) in [5, 5.41) is 14.2. The summed E-state index contributed by atoms with van der Waals surface area (Å²) < 4.78 is 5.06. The number of carboxylic acid groups (broad SMARTS) is 1. The van der Waals surface area contributed by atoms with Crippen LogP contribution in [0.15, 0.2) is 47.0 Å². The van der Waals surface area contributed by atoms with Gasteiger partial charge in [-0.2, -0.15) is 5.01 Å². The number of hydrogen-bond acceptors (Lipinski definition) is 7. The fourth-order valence-corrected chi connectivity index (χ4v) is 3.97. The number of thioether (sulfide) groups is 1. The van der Waals surface area contributed by atoms with Crippen LogP contribution in [0.25, 0.3) is 0 Å². The fraction of sp³-hybridized carbons (Fsp3) is 0.375. The van der Waals surface area contributed by atoms with Crippen LogP contribution >= 0.6 is 11.8 Å². The maximum atomic E-state index is 12.1. The minimum absolute atomic E-state index is 0.136. The first-order chi connectivity index (χ1) is 11.6. The molecule has 3 N–H and O–H groups in total. The Balaban J connectivity index is 1.80. The molecule has 1 aromatic carbocycles. The Morgan fingerprint density at radius 1 is 1.38 bits per heavy atom. The molecule has 1 saturated heterocycles. The molecular formula is C16H19N3O4S. The number of benzene rings is 1. The van der Waals surface area contributed by atoms with Crippen molar-refractivity contribution in [2.24, 2.45) is 0 Å². The van der Waals surface area contributed by atoms with Crippen molar-refractivity contribution in [1.29, 1.82) is 0 Å². The third kappa shape index (κ3) is 3.40. The number of hydrogen-bond donors (Lipinski definition) is 3. The summed E-state index contributed by atoms with van der Waals surface area (Å²) in [5.74, 6) is -1.37. The van der Waals surface area contributed by atoms with Crippen LogP contribution in [0.2, 0.25) is 0 Å². The van der Waals surface area contributed by atoms with Gasteiger partial charge < -0.3 is 15.3 Å². The van der Waals surface area contributed by atoms with E-state index < -0.39 is 24.1 Å². The predicted octanol–water partition coefficient (Wildman–Crippen LogP) is 1.14. The van der Waals surface area contributed by atoms with Crippen molar-refractivity contribution in [2.45, 2.75) is 35.8 Å². The van der Waals surface area contributed by atoms with E-state index in [4.69, 9.17) is 4.74 Å². The van der Waals surface area contributed by atoms with Gasteiger partial charge in [-0.15, -0.1) is 11.8 Å². The number of nitrogens with zero attached hydrogens (tertiary/aromatic N) is 1. The van der Waals surface area contributed by atoms with Gasteiger partial charge in [0, 0.05) is 17.5 Å². The maximum Gasteiger partial charge on any atom is 0.338 e. The van der Waals surface area contributed by atoms with Gasteiger partial charge in [0.1, 0.15) is 12.2 Å². The summed E-state index contributed by atoms with van der Waals surface area (Å²) in [7, 11) is 0. The van der Waals surface area contributed by atoms with Crippen LogP contribution in [0.5, 0.6) is 0 Å². The van der Waals surface area contributed by atoms with Gasteiger partial charge in [-0.25, -0.2) is 4.79 Å². The average molecular weight is 349 g/mol. The van der Waals surface area contributed by atoms with E-state index in [0.717, 1.165) is 4.90 Å². The van der Waals surface area contributed by atoms with Gasteiger partial charge >= 0.3 is 11.9 Å². The Kier molecular flexibility index (Phi) is 5.08. The molecule has 7 nitrogen and oxygen atoms in total. The van der Waals surface area contributed by atoms with Crippen LogP contribution in [0.1, 0.15) is 13.3 Å². The lowest BCUT2D eigenvalue weighted by atomic mass is 10.1. The highest BCUT2D eigenvalue weighted by molar-refractivity contribution is 7.99. The average Bonchev–Trinajstić information content (AvgIpc) is 3.00. The smallest absolute Gasteiger partial charge is 0.338 e. The van der Waals surface area contributed by atoms with E-state index in [0.29, 0.717) is 12.0 Å². The molecule has 0 aromatic heterocycles. The lowest BCUT2D eigenvalue weighted by Gasteiger charge is -2.40. The molecule has 0 aliphatic carbocycles. The summed E-state index contributed by atoms with van der Waals surface area (Å²) in [5.41, 5.74) is 3.46. The summed E-state index contributed by atoms with van der Waals surface area (Å²) in [4.78, 5) is 24.6. The van der Waals surface area contributed by atoms with Gasteiger partial charge in [-0.05, 0) is 19.1 Å². The predicted molar refractivity (Wildman–Crippen MR) is 88.7 cm³/mol. The van der Waals surface area contributed by atoms with E-state index >= 15 is 0 Å². The van der Waals surface area contributed by atoms with Gasteiger partial charge in [0.2, 0.25) is 0 Å². The van der Waals surface area contributed by atoms with Crippen molar-refractivity contribution < 1.29 is 19.4 Å². The molecule has 3 atom stereocenters. The van der Waals surface area contributed by atoms with E-state index in [2.05, 4.69) is 10.7 Å². The molecule has 0 spiro atoms. The van der Waals surface area contributed by atoms with Crippen LogP contribution < -0.4 is 10.7 Å². The van der Waals surface area contributed by atoms with Crippen molar-refractivity contribution in [2.75, 3.05) is 6.61 Å². The highest BCUT2D eigenvalue weighted by Crippen LogP contribution is 2.34. The molecule has 0 saturated carbocycles. The van der Waals surface area contributed by atoms with Crippen molar-refractivity contribution >= 4 is 23.7 Å². The number of carboxylic acids is 1. The third-order valence-corrected chi connectivity index (χ3v) is 5.11. The van der Waals surface area contributed by atoms with E-state index in [1.807, 2.05) is 35.3 Å². The van der Waals surface area contributed by atoms with Crippen LogP contribution in [-0.4, -0.2) is 46.2 Å². The summed E-state index contributed by atoms with van der Waals surface area (Å²) in [6.07, 6.45) is 1.46. The molecule has 2 heterocycles. The van der Waals surface area contributed by atoms with Crippen LogP contribution in [0.4, 0.5) is 0 Å². The molecule has 1 fully saturated rings. The monoisotopic (exact) mass is 349 g/mol. The molecule has 0 radical (unpaired) electrons. The second-order valence-corrected chi connectivity index (χ2v) is 6.69. The third-order valence-electron chi connectivity index (χ3n) is 3.87. The minimum Gasteiger partial charge on any atom is -0.480 e. The Morgan fingerprint density at radius 3 is 2.79 bits per heavy atom. The Bertz CT molecular complexity index is 652. The highest BCUT2D eigenvalue weighted by atomic mass is 32.2. The summed E-state index contributed by atoms with van der Waals surface area (Å²) >= 11 is 1.56. The molecule has 1 aromatic rings. The number of fused-ring (bicyclic) bond motifs is 1. The van der Waals surface area contributed by atoms with Crippen LogP contribution in [-0.2, 0) is 14.3 Å². The summed E-state index contributed by atoms with van der Waals surface area (Å²) in [6.45, 7) is 2.01. The quantitative estimate of drug-likeness (QED) is 0.682. The molecule has 8 heteroatoms. The van der Waals surface area contributed by atoms with Gasteiger partial charge in [0.25, 0.3) is 0 Å². The number of carbonyl (C=O) groups is 2. The lowest BCUT2D eigenvalue weighted by Crippen LogP contribution is -2.62. The van der Waals surface area contributed by atoms with E-state index in [1.54, 1.807) is 24.9 Å². The molecule has 0 bridgehead atoms. The van der Waals surface area contributed by atoms with Crippen LogP contribution in [0, 0.1) is 0 Å². The second kappa shape index (κ2) is 7.25. The van der Waals surface area contributed by atoms with Gasteiger partial charge in [0.15, 0.2) is 0 Å². The normalized spacial score (nSPS) is 26.2. The zero-order chi connectivity index (χ0) is 17.1. The number of rotatable bonds is 5. The van der Waals surface area contributed by atoms with Crippen molar-refractivity contribution in [3.63, 3.8) is 0 Å². The standard InChI is InChI=1S/C16H19N3O4S/c1-2-23-16(22)11-9-17-19-13(24-10-6-4-3-5-7-10)8-12(15(20)21)18-14(11)19/h3-7,9,12-14,17-18H,2,8H2,1H3,(H,20,21). The Morgan fingerprint density at radius 2 is 2.12 bits per heavy atom. The number of esters is 1. The molecule has 3 unspecified atom stereocenters. The SMILES string of the molecule is CCOC(=O)C1=CNN2C(Sc3ccccc3)CC(C(=O)O)NC12. The Hall–Kier alpha value is -2.03. The number of ether oxygens (including phenoxy) is 1. The maximum absolute atomic E-state index is 12.1. The van der Waals surface area contributed by atoms with E-state index in [9.17, 15) is 14.7 Å². The summed E-state index contributed by atoms with van der Waals surface area (Å²) in [6, 6.07) is 9.04. The fourth-order valence-electron chi connectivity index (χ4n) is 2.76. The number of hydrazine groups is 1. The molecular weight excluding hydrogens is 330 g/mol. The zero-order valence-electron chi connectivity index (χ0n) is 13.1. The second-order valence-electron chi connectivity index (χ2n) is 5.44. The first-order valence-electron chi connectivity index (χ1n) is 7.72. The lowest BCUT2D eigenvalue weighted by molar-refractivity contribution is -0.144. The Labute approximate surface area is 144 Å². The van der Waals surface area contributed by atoms with E-state index in [-0.39, 0.29) is 12.0 Å². The molecule has 3 rings (SSSR count). The molecule has 128 valence electrons. The molecule has 2 aliphatic rings. The first kappa shape index (κ1) is 16.8. The zero-order valence-corrected chi connectivity index (χ0v) is 14.0. The van der Waals surface area contributed by atoms with Gasteiger partial charge in [-0.1, -0.05) is 18.2 Å². The number of carbonyl (C=O) groups excluding carboxylic acids is 1. The molecule has 0 amide bonds. The first-order valence-corrected chi connectivity index (χ1v) is 8.60. The number of nitrogens with one attached hydrogen (secondary N) is 2. The molecule has 24 heavy (non-hydrogen) atoms. The topological polar surface area (TPSA) is 90.9 Å². The van der Waals surface area contributed by atoms with Gasteiger partial charge in [-0.3, -0.25) is 10.1 Å². The molecule has 2 aliphatic heterocycles. The highest BCUT2D eigenvalue weighted by Gasteiger charge is 2.44. The number of aliphatic carboxylic acids is 1. The van der Waals surface area contributed by atoms with Gasteiger partial charge in [0.05, 0.1) is 17.6 Å². The van der Waals surface area contributed by atoms with Crippen molar-refractivity contribution in [3.8, 4) is 0 Å². The van der Waals surface area contributed by atoms with E-state index in [1.165, 1.54) is 0 Å². The van der Waals surface area contributed by atoms with Crippen molar-refractivity contribution in [3.05, 3.63) is 42.1 Å².